The first-order valence-corrected chi connectivity index (χ1v) is 5.22. The second-order valence-corrected chi connectivity index (χ2v) is 4.06. The van der Waals surface area contributed by atoms with Crippen LogP contribution in [0.1, 0.15) is 27.2 Å². The minimum atomic E-state index is -0.266. The van der Waals surface area contributed by atoms with E-state index in [0.29, 0.717) is 13.4 Å². The smallest absolute Gasteiger partial charge is 0.147 e. The topological polar surface area (TPSA) is 18.5 Å². The number of hydrogen-bond acceptors (Lipinski definition) is 2. The van der Waals surface area contributed by atoms with Crippen molar-refractivity contribution in [2.24, 2.45) is 0 Å². The molecule has 0 saturated carbocycles. The second kappa shape index (κ2) is 4.96. The van der Waals surface area contributed by atoms with Crippen molar-refractivity contribution >= 4 is 11.6 Å². The fourth-order valence-corrected chi connectivity index (χ4v) is 1.53. The van der Waals surface area contributed by atoms with Gasteiger partial charge in [-0.1, -0.05) is 17.7 Å². The lowest BCUT2D eigenvalue weighted by Crippen LogP contribution is -2.29. The quantitative estimate of drug-likeness (QED) is 0.531. The molecule has 0 aromatic heterocycles. The van der Waals surface area contributed by atoms with E-state index >= 15 is 0 Å². The summed E-state index contributed by atoms with van der Waals surface area (Å²) in [7, 11) is 0. The van der Waals surface area contributed by atoms with Gasteiger partial charge in [0.25, 0.3) is 0 Å². The third-order valence-electron chi connectivity index (χ3n) is 2.26. The molecular formula is C11H17ClO2. The summed E-state index contributed by atoms with van der Waals surface area (Å²) in [6.07, 6.45) is 4.84. The predicted molar refractivity (Wildman–Crippen MR) is 58.3 cm³/mol. The van der Waals surface area contributed by atoms with Crippen LogP contribution in [0.2, 0.25) is 0 Å². The van der Waals surface area contributed by atoms with Gasteiger partial charge in [-0.2, -0.15) is 0 Å². The van der Waals surface area contributed by atoms with Crippen LogP contribution < -0.4 is 0 Å². The molecule has 80 valence electrons. The molecule has 0 aromatic carbocycles. The van der Waals surface area contributed by atoms with Gasteiger partial charge >= 0.3 is 0 Å². The standard InChI is InChI=1S/C11H17ClO2/c1-4-13-8-14-11(3)6-5-10(12)9(2)7-11/h5,7H,4,6,8H2,1-3H3. The van der Waals surface area contributed by atoms with Crippen molar-refractivity contribution in [3.63, 3.8) is 0 Å². The molecule has 0 radical (unpaired) electrons. The van der Waals surface area contributed by atoms with Gasteiger partial charge in [-0.25, -0.2) is 0 Å². The Morgan fingerprint density at radius 3 is 2.86 bits per heavy atom. The van der Waals surface area contributed by atoms with Crippen molar-refractivity contribution < 1.29 is 9.47 Å². The van der Waals surface area contributed by atoms with Crippen LogP contribution in [0.3, 0.4) is 0 Å². The molecule has 1 atom stereocenters. The SMILES string of the molecule is CCOCOC1(C)C=C(C)C(Cl)=CC1. The molecule has 0 heterocycles. The van der Waals surface area contributed by atoms with Crippen molar-refractivity contribution in [3.05, 3.63) is 22.8 Å². The summed E-state index contributed by atoms with van der Waals surface area (Å²) >= 11 is 5.96. The molecule has 14 heavy (non-hydrogen) atoms. The molecule has 0 aromatic rings. The van der Waals surface area contributed by atoms with Gasteiger partial charge in [0.2, 0.25) is 0 Å². The number of ether oxygens (including phenoxy) is 2. The Morgan fingerprint density at radius 1 is 1.57 bits per heavy atom. The molecule has 3 heteroatoms. The summed E-state index contributed by atoms with van der Waals surface area (Å²) in [6, 6.07) is 0. The Labute approximate surface area is 90.5 Å². The monoisotopic (exact) mass is 216 g/mol. The third kappa shape index (κ3) is 3.12. The Hall–Kier alpha value is -0.310. The van der Waals surface area contributed by atoms with Crippen LogP contribution in [0.4, 0.5) is 0 Å². The maximum Gasteiger partial charge on any atom is 0.147 e. The Balaban J connectivity index is 2.52. The van der Waals surface area contributed by atoms with Crippen molar-refractivity contribution in [1.29, 1.82) is 0 Å². The highest BCUT2D eigenvalue weighted by molar-refractivity contribution is 6.32. The van der Waals surface area contributed by atoms with Crippen LogP contribution in [0, 0.1) is 0 Å². The largest absolute Gasteiger partial charge is 0.356 e. The molecule has 0 N–H and O–H groups in total. The van der Waals surface area contributed by atoms with Crippen molar-refractivity contribution in [2.75, 3.05) is 13.4 Å². The zero-order valence-electron chi connectivity index (χ0n) is 8.97. The van der Waals surface area contributed by atoms with Gasteiger partial charge < -0.3 is 9.47 Å². The summed E-state index contributed by atoms with van der Waals surface area (Å²) in [5, 5.41) is 0.822. The molecule has 0 amide bonds. The van der Waals surface area contributed by atoms with E-state index in [0.717, 1.165) is 17.0 Å². The molecule has 0 bridgehead atoms. The molecule has 0 spiro atoms. The molecular weight excluding hydrogens is 200 g/mol. The average Bonchev–Trinajstić information content (AvgIpc) is 2.13. The van der Waals surface area contributed by atoms with E-state index in [1.165, 1.54) is 0 Å². The fraction of sp³-hybridized carbons (Fsp3) is 0.636. The summed E-state index contributed by atoms with van der Waals surface area (Å²) in [6.45, 7) is 6.98. The number of hydrogen-bond donors (Lipinski definition) is 0. The highest BCUT2D eigenvalue weighted by atomic mass is 35.5. The lowest BCUT2D eigenvalue weighted by molar-refractivity contribution is -0.111. The highest BCUT2D eigenvalue weighted by Gasteiger charge is 2.25. The molecule has 0 fully saturated rings. The van der Waals surface area contributed by atoms with E-state index in [-0.39, 0.29) is 5.60 Å². The van der Waals surface area contributed by atoms with E-state index in [9.17, 15) is 0 Å². The van der Waals surface area contributed by atoms with Crippen molar-refractivity contribution in [2.45, 2.75) is 32.8 Å². The van der Waals surface area contributed by atoms with Gasteiger partial charge in [-0.05, 0) is 38.8 Å². The zero-order chi connectivity index (χ0) is 10.6. The van der Waals surface area contributed by atoms with Crippen LogP contribution in [0.5, 0.6) is 0 Å². The molecule has 1 aliphatic rings. The second-order valence-electron chi connectivity index (χ2n) is 3.65. The molecule has 2 nitrogen and oxygen atoms in total. The maximum atomic E-state index is 5.96. The van der Waals surface area contributed by atoms with Crippen molar-refractivity contribution in [3.8, 4) is 0 Å². The summed E-state index contributed by atoms with van der Waals surface area (Å²) in [5.74, 6) is 0. The number of halogens is 1. The van der Waals surface area contributed by atoms with Gasteiger partial charge in [0.05, 0.1) is 5.60 Å². The first-order chi connectivity index (χ1) is 6.57. The van der Waals surface area contributed by atoms with E-state index in [2.05, 4.69) is 0 Å². The lowest BCUT2D eigenvalue weighted by Gasteiger charge is -2.29. The highest BCUT2D eigenvalue weighted by Crippen LogP contribution is 2.30. The minimum absolute atomic E-state index is 0.266. The van der Waals surface area contributed by atoms with E-state index in [1.54, 1.807) is 0 Å². The summed E-state index contributed by atoms with van der Waals surface area (Å²) < 4.78 is 10.8. The molecule has 1 rings (SSSR count). The fourth-order valence-electron chi connectivity index (χ4n) is 1.40. The molecule has 0 saturated heterocycles. The Morgan fingerprint density at radius 2 is 2.29 bits per heavy atom. The molecule has 1 aliphatic carbocycles. The van der Waals surface area contributed by atoms with E-state index in [1.807, 2.05) is 32.9 Å². The van der Waals surface area contributed by atoms with Gasteiger partial charge in [-0.15, -0.1) is 0 Å². The van der Waals surface area contributed by atoms with Gasteiger partial charge in [0, 0.05) is 11.6 Å². The van der Waals surface area contributed by atoms with E-state index in [4.69, 9.17) is 21.1 Å². The first kappa shape index (κ1) is 11.8. The normalized spacial score (nSPS) is 27.1. The van der Waals surface area contributed by atoms with Crippen LogP contribution in [0.25, 0.3) is 0 Å². The zero-order valence-corrected chi connectivity index (χ0v) is 9.73. The van der Waals surface area contributed by atoms with Gasteiger partial charge in [0.1, 0.15) is 6.79 Å². The summed E-state index contributed by atoms with van der Waals surface area (Å²) in [4.78, 5) is 0. The van der Waals surface area contributed by atoms with Crippen molar-refractivity contribution in [1.82, 2.24) is 0 Å². The first-order valence-electron chi connectivity index (χ1n) is 4.84. The number of rotatable bonds is 4. The third-order valence-corrected chi connectivity index (χ3v) is 2.71. The summed E-state index contributed by atoms with van der Waals surface area (Å²) in [5.41, 5.74) is 0.800. The van der Waals surface area contributed by atoms with E-state index < -0.39 is 0 Å². The average molecular weight is 217 g/mol. The van der Waals surface area contributed by atoms with Crippen LogP contribution >= 0.6 is 11.6 Å². The molecule has 0 aliphatic heterocycles. The lowest BCUT2D eigenvalue weighted by atomic mass is 9.94. The van der Waals surface area contributed by atoms with Crippen LogP contribution in [-0.4, -0.2) is 19.0 Å². The number of allylic oxidation sites excluding steroid dienone is 2. The van der Waals surface area contributed by atoms with Crippen LogP contribution in [-0.2, 0) is 9.47 Å². The minimum Gasteiger partial charge on any atom is -0.356 e. The van der Waals surface area contributed by atoms with Gasteiger partial charge in [-0.3, -0.25) is 0 Å². The Bertz CT molecular complexity index is 258. The van der Waals surface area contributed by atoms with Crippen LogP contribution in [0.15, 0.2) is 22.8 Å². The maximum absolute atomic E-state index is 5.96. The Kier molecular flexibility index (Phi) is 4.17. The molecule has 1 unspecified atom stereocenters. The van der Waals surface area contributed by atoms with Gasteiger partial charge in [0.15, 0.2) is 0 Å². The predicted octanol–water partition coefficient (Wildman–Crippen LogP) is 3.23.